The number of carbonyl (C=O) groups is 2. The van der Waals surface area contributed by atoms with Crippen LogP contribution in [0.5, 0.6) is 0 Å². The van der Waals surface area contributed by atoms with Crippen molar-refractivity contribution >= 4 is 12.0 Å². The molecule has 0 aliphatic carbocycles. The summed E-state index contributed by atoms with van der Waals surface area (Å²) in [5, 5.41) is 3.11. The van der Waals surface area contributed by atoms with Crippen molar-refractivity contribution in [3.63, 3.8) is 0 Å². The smallest absolute Gasteiger partial charge is 0.410 e. The fourth-order valence-electron chi connectivity index (χ4n) is 3.97. The van der Waals surface area contributed by atoms with Gasteiger partial charge in [0.2, 0.25) is 5.91 Å². The van der Waals surface area contributed by atoms with Crippen LogP contribution in [0.3, 0.4) is 0 Å². The zero-order valence-electron chi connectivity index (χ0n) is 17.9. The number of rotatable bonds is 4. The maximum atomic E-state index is 12.5. The number of piperidine rings is 1. The molecule has 2 saturated heterocycles. The van der Waals surface area contributed by atoms with Crippen molar-refractivity contribution in [3.05, 3.63) is 12.0 Å². The Morgan fingerprint density at radius 2 is 1.86 bits per heavy atom. The van der Waals surface area contributed by atoms with Crippen molar-refractivity contribution in [1.29, 1.82) is 0 Å². The fraction of sp³-hybridized carbons (Fsp3) is 0.810. The second kappa shape index (κ2) is 7.84. The summed E-state index contributed by atoms with van der Waals surface area (Å²) < 4.78 is 11.2. The van der Waals surface area contributed by atoms with Gasteiger partial charge in [0.25, 0.3) is 0 Å². The monoisotopic (exact) mass is 393 g/mol. The van der Waals surface area contributed by atoms with Crippen molar-refractivity contribution in [1.82, 2.24) is 15.1 Å². The van der Waals surface area contributed by atoms with Crippen LogP contribution in [0.15, 0.2) is 12.0 Å². The molecule has 1 atom stereocenters. The summed E-state index contributed by atoms with van der Waals surface area (Å²) in [6.45, 7) is 13.4. The highest BCUT2D eigenvalue weighted by molar-refractivity contribution is 5.78. The molecule has 0 spiro atoms. The molecule has 7 nitrogen and oxygen atoms in total. The third-order valence-corrected chi connectivity index (χ3v) is 5.52. The van der Waals surface area contributed by atoms with Gasteiger partial charge in [-0.25, -0.2) is 4.79 Å². The molecule has 0 saturated carbocycles. The topological polar surface area (TPSA) is 71.1 Å². The Balaban J connectivity index is 1.36. The summed E-state index contributed by atoms with van der Waals surface area (Å²) >= 11 is 0. The molecule has 158 valence electrons. The third kappa shape index (κ3) is 5.32. The van der Waals surface area contributed by atoms with Gasteiger partial charge in [-0.05, 0) is 59.8 Å². The molecule has 0 bridgehead atoms. The molecule has 3 aliphatic rings. The third-order valence-electron chi connectivity index (χ3n) is 5.52. The van der Waals surface area contributed by atoms with Crippen molar-refractivity contribution in [2.75, 3.05) is 32.7 Å². The van der Waals surface area contributed by atoms with Crippen molar-refractivity contribution in [2.45, 2.75) is 65.1 Å². The highest BCUT2D eigenvalue weighted by Gasteiger charge is 2.35. The van der Waals surface area contributed by atoms with E-state index in [9.17, 15) is 9.59 Å². The Bertz CT molecular complexity index is 630. The van der Waals surface area contributed by atoms with Gasteiger partial charge >= 0.3 is 6.09 Å². The van der Waals surface area contributed by atoms with Gasteiger partial charge in [0.15, 0.2) is 5.88 Å². The minimum absolute atomic E-state index is 0.0632. The molecule has 3 rings (SSSR count). The molecule has 7 heteroatoms. The van der Waals surface area contributed by atoms with Gasteiger partial charge in [0.05, 0.1) is 0 Å². The van der Waals surface area contributed by atoms with Crippen LogP contribution >= 0.6 is 0 Å². The first kappa shape index (κ1) is 20.8. The molecule has 1 unspecified atom stereocenters. The Morgan fingerprint density at radius 3 is 2.43 bits per heavy atom. The van der Waals surface area contributed by atoms with E-state index in [4.69, 9.17) is 9.47 Å². The van der Waals surface area contributed by atoms with Crippen LogP contribution in [0.1, 0.15) is 53.9 Å². The second-order valence-electron chi connectivity index (χ2n) is 9.78. The Morgan fingerprint density at radius 1 is 1.21 bits per heavy atom. The summed E-state index contributed by atoms with van der Waals surface area (Å²) in [6, 6.07) is 0. The molecule has 2 fully saturated rings. The zero-order chi connectivity index (χ0) is 20.5. The predicted molar refractivity (Wildman–Crippen MR) is 106 cm³/mol. The maximum Gasteiger partial charge on any atom is 0.410 e. The van der Waals surface area contributed by atoms with E-state index in [1.165, 1.54) is 0 Å². The number of ether oxygens (including phenoxy) is 2. The molecule has 3 aliphatic heterocycles. The van der Waals surface area contributed by atoms with Crippen LogP contribution in [0.4, 0.5) is 4.79 Å². The van der Waals surface area contributed by atoms with Crippen LogP contribution in [-0.4, -0.2) is 65.7 Å². The highest BCUT2D eigenvalue weighted by atomic mass is 16.6. The van der Waals surface area contributed by atoms with E-state index < -0.39 is 5.60 Å². The largest absolute Gasteiger partial charge is 0.469 e. The molecule has 0 aromatic rings. The summed E-state index contributed by atoms with van der Waals surface area (Å²) in [6.07, 6.45) is 4.48. The van der Waals surface area contributed by atoms with Gasteiger partial charge in [-0.1, -0.05) is 0 Å². The minimum atomic E-state index is -0.478. The number of amides is 2. The first-order valence-electron chi connectivity index (χ1n) is 10.4. The second-order valence-corrected chi connectivity index (χ2v) is 9.78. The fourth-order valence-corrected chi connectivity index (χ4v) is 3.97. The number of nitrogens with zero attached hydrogens (tertiary/aromatic N) is 2. The average molecular weight is 394 g/mol. The lowest BCUT2D eigenvalue weighted by molar-refractivity contribution is -0.127. The number of carbonyl (C=O) groups excluding carboxylic acids is 2. The van der Waals surface area contributed by atoms with Gasteiger partial charge in [-0.3, -0.25) is 4.79 Å². The van der Waals surface area contributed by atoms with Crippen molar-refractivity contribution < 1.29 is 19.1 Å². The summed E-state index contributed by atoms with van der Waals surface area (Å²) in [5.41, 5.74) is -0.632. The number of likely N-dealkylation sites (tertiary alicyclic amines) is 2. The summed E-state index contributed by atoms with van der Waals surface area (Å²) in [7, 11) is 0. The lowest BCUT2D eigenvalue weighted by Gasteiger charge is -2.42. The number of nitrogens with one attached hydrogen (secondary N) is 1. The van der Waals surface area contributed by atoms with E-state index in [1.807, 2.05) is 34.6 Å². The average Bonchev–Trinajstić information content (AvgIpc) is 3.05. The van der Waals surface area contributed by atoms with E-state index in [2.05, 4.69) is 16.3 Å². The summed E-state index contributed by atoms with van der Waals surface area (Å²) in [5.74, 6) is 1.46. The first-order valence-corrected chi connectivity index (χ1v) is 10.4. The predicted octanol–water partition coefficient (Wildman–Crippen LogP) is 2.72. The lowest BCUT2D eigenvalue weighted by atomic mass is 9.95. The van der Waals surface area contributed by atoms with Crippen LogP contribution in [0.25, 0.3) is 0 Å². The van der Waals surface area contributed by atoms with Gasteiger partial charge in [0, 0.05) is 44.7 Å². The van der Waals surface area contributed by atoms with Gasteiger partial charge in [0.1, 0.15) is 11.2 Å². The molecule has 0 aromatic heterocycles. The molecule has 1 N–H and O–H groups in total. The molecule has 0 aromatic carbocycles. The molecule has 3 heterocycles. The highest BCUT2D eigenvalue weighted by Crippen LogP contribution is 2.33. The Kier molecular flexibility index (Phi) is 5.82. The number of hydrogen-bond acceptors (Lipinski definition) is 5. The lowest BCUT2D eigenvalue weighted by Crippen LogP contribution is -2.45. The van der Waals surface area contributed by atoms with Gasteiger partial charge in [-0.15, -0.1) is 0 Å². The van der Waals surface area contributed by atoms with Crippen molar-refractivity contribution in [2.24, 2.45) is 11.8 Å². The number of hydrogen-bond donors (Lipinski definition) is 1. The molecular weight excluding hydrogens is 358 g/mol. The molecule has 0 radical (unpaired) electrons. The zero-order valence-corrected chi connectivity index (χ0v) is 17.9. The van der Waals surface area contributed by atoms with E-state index in [0.717, 1.165) is 38.2 Å². The Labute approximate surface area is 168 Å². The summed E-state index contributed by atoms with van der Waals surface area (Å²) in [4.78, 5) is 28.7. The Hall–Kier alpha value is -1.92. The normalized spacial score (nSPS) is 24.9. The van der Waals surface area contributed by atoms with E-state index >= 15 is 0 Å². The van der Waals surface area contributed by atoms with Gasteiger partial charge in [-0.2, -0.15) is 0 Å². The van der Waals surface area contributed by atoms with E-state index in [0.29, 0.717) is 25.6 Å². The van der Waals surface area contributed by atoms with Crippen LogP contribution in [0, 0.1) is 11.8 Å². The minimum Gasteiger partial charge on any atom is -0.469 e. The van der Waals surface area contributed by atoms with E-state index in [-0.39, 0.29) is 23.5 Å². The first-order chi connectivity index (χ1) is 13.0. The quantitative estimate of drug-likeness (QED) is 0.795. The SMILES string of the molecule is CC(C)(C)OC(=O)N1CCC(CNC(=O)C2CCN(C3=CC(C)(C)O3)CC2)C1. The molecule has 2 amide bonds. The van der Waals surface area contributed by atoms with E-state index in [1.54, 1.807) is 4.90 Å². The maximum absolute atomic E-state index is 12.5. The van der Waals surface area contributed by atoms with Crippen LogP contribution < -0.4 is 5.32 Å². The van der Waals surface area contributed by atoms with Crippen molar-refractivity contribution in [3.8, 4) is 0 Å². The molecule has 28 heavy (non-hydrogen) atoms. The van der Waals surface area contributed by atoms with Crippen LogP contribution in [-0.2, 0) is 14.3 Å². The van der Waals surface area contributed by atoms with Gasteiger partial charge < -0.3 is 24.6 Å². The standard InChI is InChI=1S/C21H35N3O4/c1-20(2,3)28-19(26)24-9-6-15(14-24)13-22-18(25)16-7-10-23(11-8-16)17-12-21(4,5)27-17/h12,15-16H,6-11,13-14H2,1-5H3,(H,22,25). The van der Waals surface area contributed by atoms with Crippen LogP contribution in [0.2, 0.25) is 0 Å². The molecular formula is C21H35N3O4.